The van der Waals surface area contributed by atoms with Crippen LogP contribution in [0.4, 0.5) is 13.2 Å². The summed E-state index contributed by atoms with van der Waals surface area (Å²) in [7, 11) is 0. The maximum atomic E-state index is 13.4. The van der Waals surface area contributed by atoms with E-state index in [1.165, 1.54) is 12.1 Å². The zero-order chi connectivity index (χ0) is 16.3. The van der Waals surface area contributed by atoms with Gasteiger partial charge in [-0.2, -0.15) is 8.78 Å². The van der Waals surface area contributed by atoms with Crippen molar-refractivity contribution in [1.82, 2.24) is 5.32 Å². The van der Waals surface area contributed by atoms with Gasteiger partial charge in [0.2, 0.25) is 5.91 Å². The van der Waals surface area contributed by atoms with E-state index in [-0.39, 0.29) is 23.2 Å². The quantitative estimate of drug-likeness (QED) is 0.791. The van der Waals surface area contributed by atoms with E-state index >= 15 is 0 Å². The maximum absolute atomic E-state index is 13.4. The molecule has 1 aromatic rings. The van der Waals surface area contributed by atoms with E-state index in [1.54, 1.807) is 0 Å². The Kier molecular flexibility index (Phi) is 5.94. The fourth-order valence-corrected chi connectivity index (χ4v) is 3.23. The van der Waals surface area contributed by atoms with Crippen molar-refractivity contribution in [3.63, 3.8) is 0 Å². The molecule has 1 aliphatic heterocycles. The Morgan fingerprint density at radius 3 is 2.77 bits per heavy atom. The molecule has 1 fully saturated rings. The number of aryl methyl sites for hydroxylation is 1. The SMILES string of the molecule is O=C1CC(OC(F)F)C(CCc2cc(F)cc(Cl)c2CCl)N1. The number of rotatable bonds is 6. The molecule has 8 heteroatoms. The molecule has 1 N–H and O–H groups in total. The molecule has 1 aromatic carbocycles. The van der Waals surface area contributed by atoms with Gasteiger partial charge in [-0.3, -0.25) is 4.79 Å². The number of carbonyl (C=O) groups is 1. The van der Waals surface area contributed by atoms with Gasteiger partial charge in [0.15, 0.2) is 0 Å². The van der Waals surface area contributed by atoms with Gasteiger partial charge in [-0.15, -0.1) is 11.6 Å². The van der Waals surface area contributed by atoms with Gasteiger partial charge in [0.25, 0.3) is 0 Å². The lowest BCUT2D eigenvalue weighted by molar-refractivity contribution is -0.165. The average Bonchev–Trinajstić information content (AvgIpc) is 2.75. The third-order valence-corrected chi connectivity index (χ3v) is 4.17. The number of nitrogens with one attached hydrogen (secondary N) is 1. The minimum Gasteiger partial charge on any atom is -0.351 e. The van der Waals surface area contributed by atoms with Crippen molar-refractivity contribution < 1.29 is 22.7 Å². The normalized spacial score (nSPS) is 21.5. The Hall–Kier alpha value is -0.980. The first-order valence-electron chi connectivity index (χ1n) is 6.66. The molecule has 22 heavy (non-hydrogen) atoms. The molecule has 2 atom stereocenters. The molecule has 0 radical (unpaired) electrons. The Morgan fingerprint density at radius 2 is 2.14 bits per heavy atom. The summed E-state index contributed by atoms with van der Waals surface area (Å²) >= 11 is 11.7. The van der Waals surface area contributed by atoms with Crippen LogP contribution in [0.25, 0.3) is 0 Å². The molecular weight excluding hydrogens is 342 g/mol. The number of hydrogen-bond acceptors (Lipinski definition) is 2. The molecule has 1 amide bonds. The van der Waals surface area contributed by atoms with Crippen molar-refractivity contribution in [2.24, 2.45) is 0 Å². The molecule has 3 nitrogen and oxygen atoms in total. The lowest BCUT2D eigenvalue weighted by Crippen LogP contribution is -2.34. The number of ether oxygens (including phenoxy) is 1. The summed E-state index contributed by atoms with van der Waals surface area (Å²) in [5.41, 5.74) is 1.19. The Morgan fingerprint density at radius 1 is 1.41 bits per heavy atom. The van der Waals surface area contributed by atoms with Crippen molar-refractivity contribution >= 4 is 29.1 Å². The van der Waals surface area contributed by atoms with Gasteiger partial charge in [-0.1, -0.05) is 11.6 Å². The first-order valence-corrected chi connectivity index (χ1v) is 7.57. The fraction of sp³-hybridized carbons (Fsp3) is 0.500. The summed E-state index contributed by atoms with van der Waals surface area (Å²) in [5, 5.41) is 2.81. The smallest absolute Gasteiger partial charge is 0.345 e. The third kappa shape index (κ3) is 4.27. The molecule has 1 saturated heterocycles. The van der Waals surface area contributed by atoms with Gasteiger partial charge in [0.1, 0.15) is 5.82 Å². The minimum atomic E-state index is -2.94. The summed E-state index contributed by atoms with van der Waals surface area (Å²) in [4.78, 5) is 11.3. The van der Waals surface area contributed by atoms with E-state index < -0.39 is 24.6 Å². The standard InChI is InChI=1S/C14H14Cl2F3NO2/c15-6-9-7(3-8(17)4-10(9)16)1-2-11-12(22-14(18)19)5-13(21)20-11/h3-4,11-12,14H,1-2,5-6H2,(H,20,21). The van der Waals surface area contributed by atoms with Crippen molar-refractivity contribution in [1.29, 1.82) is 0 Å². The summed E-state index contributed by atoms with van der Waals surface area (Å²) in [5.74, 6) is -0.724. The van der Waals surface area contributed by atoms with Crippen LogP contribution in [0.1, 0.15) is 24.0 Å². The predicted octanol–water partition coefficient (Wildman–Crippen LogP) is 3.65. The molecule has 122 valence electrons. The summed E-state index contributed by atoms with van der Waals surface area (Å²) in [6.45, 7) is -2.94. The lowest BCUT2D eigenvalue weighted by Gasteiger charge is -2.19. The Balaban J connectivity index is 2.07. The summed E-state index contributed by atoms with van der Waals surface area (Å²) in [6.07, 6.45) is -0.335. The van der Waals surface area contributed by atoms with Crippen LogP contribution in [0.15, 0.2) is 12.1 Å². The highest BCUT2D eigenvalue weighted by atomic mass is 35.5. The molecule has 2 rings (SSSR count). The molecule has 0 aliphatic carbocycles. The van der Waals surface area contributed by atoms with E-state index in [0.29, 0.717) is 24.0 Å². The van der Waals surface area contributed by atoms with Gasteiger partial charge in [0, 0.05) is 10.9 Å². The van der Waals surface area contributed by atoms with Crippen molar-refractivity contribution in [3.8, 4) is 0 Å². The fourth-order valence-electron chi connectivity index (χ4n) is 2.56. The molecule has 1 aliphatic rings. The van der Waals surface area contributed by atoms with E-state index in [4.69, 9.17) is 23.2 Å². The molecule has 0 spiro atoms. The maximum Gasteiger partial charge on any atom is 0.345 e. The first kappa shape index (κ1) is 17.4. The summed E-state index contributed by atoms with van der Waals surface area (Å²) in [6, 6.07) is 1.93. The van der Waals surface area contributed by atoms with Crippen LogP contribution in [0, 0.1) is 5.82 Å². The van der Waals surface area contributed by atoms with Gasteiger partial charge in [-0.25, -0.2) is 4.39 Å². The van der Waals surface area contributed by atoms with Crippen molar-refractivity contribution in [2.75, 3.05) is 0 Å². The highest BCUT2D eigenvalue weighted by Gasteiger charge is 2.34. The molecular formula is C14H14Cl2F3NO2. The third-order valence-electron chi connectivity index (χ3n) is 3.57. The van der Waals surface area contributed by atoms with Crippen LogP contribution in [0.2, 0.25) is 5.02 Å². The van der Waals surface area contributed by atoms with E-state index in [1.807, 2.05) is 0 Å². The van der Waals surface area contributed by atoms with Crippen molar-refractivity contribution in [3.05, 3.63) is 34.1 Å². The largest absolute Gasteiger partial charge is 0.351 e. The molecule has 0 bridgehead atoms. The van der Waals surface area contributed by atoms with Crippen LogP contribution >= 0.6 is 23.2 Å². The predicted molar refractivity (Wildman–Crippen MR) is 76.7 cm³/mol. The topological polar surface area (TPSA) is 38.3 Å². The number of alkyl halides is 3. The minimum absolute atomic E-state index is 0.110. The van der Waals surface area contributed by atoms with E-state index in [9.17, 15) is 18.0 Å². The van der Waals surface area contributed by atoms with Crippen LogP contribution in [-0.2, 0) is 21.8 Å². The molecule has 0 saturated carbocycles. The first-order chi connectivity index (χ1) is 10.4. The molecule has 0 aromatic heterocycles. The van der Waals surface area contributed by atoms with Crippen LogP contribution in [-0.4, -0.2) is 24.7 Å². The number of amides is 1. The molecule has 2 unspecified atom stereocenters. The number of carbonyl (C=O) groups excluding carboxylic acids is 1. The highest BCUT2D eigenvalue weighted by molar-refractivity contribution is 6.32. The van der Waals surface area contributed by atoms with Gasteiger partial charge in [0.05, 0.1) is 18.6 Å². The van der Waals surface area contributed by atoms with Crippen LogP contribution < -0.4 is 5.32 Å². The second kappa shape index (κ2) is 7.53. The second-order valence-electron chi connectivity index (χ2n) is 5.01. The zero-order valence-electron chi connectivity index (χ0n) is 11.4. The van der Waals surface area contributed by atoms with E-state index in [2.05, 4.69) is 10.1 Å². The van der Waals surface area contributed by atoms with Crippen LogP contribution in [0.3, 0.4) is 0 Å². The Bertz CT molecular complexity index is 557. The second-order valence-corrected chi connectivity index (χ2v) is 5.69. The Labute approximate surface area is 135 Å². The van der Waals surface area contributed by atoms with Crippen LogP contribution in [0.5, 0.6) is 0 Å². The lowest BCUT2D eigenvalue weighted by atomic mass is 9.99. The van der Waals surface area contributed by atoms with E-state index in [0.717, 1.165) is 0 Å². The number of halogens is 5. The average molecular weight is 356 g/mol. The van der Waals surface area contributed by atoms with Gasteiger partial charge >= 0.3 is 6.61 Å². The van der Waals surface area contributed by atoms with Gasteiger partial charge < -0.3 is 10.1 Å². The summed E-state index contributed by atoms with van der Waals surface area (Å²) < 4.78 is 42.5. The molecule has 1 heterocycles. The highest BCUT2D eigenvalue weighted by Crippen LogP contribution is 2.27. The number of hydrogen-bond donors (Lipinski definition) is 1. The van der Waals surface area contributed by atoms with Gasteiger partial charge in [-0.05, 0) is 36.1 Å². The monoisotopic (exact) mass is 355 g/mol. The van der Waals surface area contributed by atoms with Crippen molar-refractivity contribution in [2.45, 2.75) is 43.9 Å². The zero-order valence-corrected chi connectivity index (χ0v) is 12.9. The number of benzene rings is 1.